The van der Waals surface area contributed by atoms with E-state index >= 15 is 0 Å². The number of carbonyl (C=O) groups excluding carboxylic acids is 1. The van der Waals surface area contributed by atoms with E-state index in [-0.39, 0.29) is 19.0 Å². The lowest BCUT2D eigenvalue weighted by Gasteiger charge is -2.20. The van der Waals surface area contributed by atoms with Gasteiger partial charge in [0.2, 0.25) is 10.0 Å². The van der Waals surface area contributed by atoms with Gasteiger partial charge >= 0.3 is 0 Å². The maximum atomic E-state index is 12.1. The standard InChI is InChI=1S/C20H26N2O4S/c1-16-4-8-18(9-5-16)20(23)21-13-15-22(27(3,24)25)14-12-17-6-10-19(26-2)11-7-17/h4-11H,12-15H2,1-3H3,(H,21,23). The molecule has 1 amide bonds. The van der Waals surface area contributed by atoms with Crippen LogP contribution in [-0.2, 0) is 16.4 Å². The van der Waals surface area contributed by atoms with Gasteiger partial charge in [0.1, 0.15) is 5.75 Å². The third-order valence-electron chi connectivity index (χ3n) is 4.24. The first-order valence-electron chi connectivity index (χ1n) is 8.72. The fourth-order valence-electron chi connectivity index (χ4n) is 2.59. The van der Waals surface area contributed by atoms with E-state index in [2.05, 4.69) is 5.32 Å². The van der Waals surface area contributed by atoms with Gasteiger partial charge in [-0.3, -0.25) is 4.79 Å². The van der Waals surface area contributed by atoms with E-state index in [0.29, 0.717) is 18.5 Å². The van der Waals surface area contributed by atoms with Gasteiger partial charge in [0.05, 0.1) is 13.4 Å². The van der Waals surface area contributed by atoms with Crippen LogP contribution in [-0.4, -0.2) is 51.6 Å². The number of rotatable bonds is 9. The number of hydrogen-bond acceptors (Lipinski definition) is 4. The highest BCUT2D eigenvalue weighted by Crippen LogP contribution is 2.12. The van der Waals surface area contributed by atoms with Crippen LogP contribution in [0.25, 0.3) is 0 Å². The van der Waals surface area contributed by atoms with Crippen molar-refractivity contribution in [2.45, 2.75) is 13.3 Å². The molecule has 0 unspecified atom stereocenters. The Hall–Kier alpha value is -2.38. The van der Waals surface area contributed by atoms with Gasteiger partial charge in [0.15, 0.2) is 0 Å². The quantitative estimate of drug-likeness (QED) is 0.712. The minimum atomic E-state index is -3.36. The maximum Gasteiger partial charge on any atom is 0.251 e. The lowest BCUT2D eigenvalue weighted by molar-refractivity contribution is 0.0951. The highest BCUT2D eigenvalue weighted by Gasteiger charge is 2.16. The Morgan fingerprint density at radius 3 is 2.22 bits per heavy atom. The van der Waals surface area contributed by atoms with Crippen LogP contribution in [0.1, 0.15) is 21.5 Å². The van der Waals surface area contributed by atoms with Crippen LogP contribution >= 0.6 is 0 Å². The highest BCUT2D eigenvalue weighted by molar-refractivity contribution is 7.88. The number of aryl methyl sites for hydroxylation is 1. The number of amides is 1. The van der Waals surface area contributed by atoms with Crippen molar-refractivity contribution < 1.29 is 17.9 Å². The normalized spacial score (nSPS) is 11.4. The average Bonchev–Trinajstić information content (AvgIpc) is 2.64. The second-order valence-corrected chi connectivity index (χ2v) is 8.36. The topological polar surface area (TPSA) is 75.7 Å². The summed E-state index contributed by atoms with van der Waals surface area (Å²) in [6, 6.07) is 14.8. The van der Waals surface area contributed by atoms with Gasteiger partial charge in [-0.1, -0.05) is 29.8 Å². The molecule has 0 atom stereocenters. The summed E-state index contributed by atoms with van der Waals surface area (Å²) in [5.74, 6) is 0.552. The monoisotopic (exact) mass is 390 g/mol. The van der Waals surface area contributed by atoms with E-state index < -0.39 is 10.0 Å². The van der Waals surface area contributed by atoms with Crippen LogP contribution in [0, 0.1) is 6.92 Å². The Morgan fingerprint density at radius 2 is 1.67 bits per heavy atom. The molecule has 0 heterocycles. The van der Waals surface area contributed by atoms with Crippen molar-refractivity contribution in [3.05, 3.63) is 65.2 Å². The van der Waals surface area contributed by atoms with E-state index in [4.69, 9.17) is 4.74 Å². The number of nitrogens with zero attached hydrogens (tertiary/aromatic N) is 1. The van der Waals surface area contributed by atoms with E-state index in [1.165, 1.54) is 10.6 Å². The van der Waals surface area contributed by atoms with Crippen molar-refractivity contribution in [1.82, 2.24) is 9.62 Å². The van der Waals surface area contributed by atoms with Crippen LogP contribution < -0.4 is 10.1 Å². The molecule has 2 rings (SSSR count). The zero-order chi connectivity index (χ0) is 19.9. The van der Waals surface area contributed by atoms with Crippen LogP contribution in [0.4, 0.5) is 0 Å². The number of benzene rings is 2. The van der Waals surface area contributed by atoms with E-state index in [1.54, 1.807) is 19.2 Å². The molecule has 1 N–H and O–H groups in total. The van der Waals surface area contributed by atoms with Gasteiger partial charge in [0, 0.05) is 25.2 Å². The van der Waals surface area contributed by atoms with E-state index in [0.717, 1.165) is 16.9 Å². The first kappa shape index (κ1) is 20.9. The molecule has 0 fully saturated rings. The fourth-order valence-corrected chi connectivity index (χ4v) is 3.44. The molecule has 0 aromatic heterocycles. The second-order valence-electron chi connectivity index (χ2n) is 6.38. The Balaban J connectivity index is 1.88. The van der Waals surface area contributed by atoms with Gasteiger partial charge in [-0.15, -0.1) is 0 Å². The van der Waals surface area contributed by atoms with E-state index in [1.807, 2.05) is 43.3 Å². The summed E-state index contributed by atoms with van der Waals surface area (Å²) in [6.45, 7) is 2.79. The van der Waals surface area contributed by atoms with Gasteiger partial charge < -0.3 is 10.1 Å². The van der Waals surface area contributed by atoms with Crippen molar-refractivity contribution in [1.29, 1.82) is 0 Å². The minimum absolute atomic E-state index is 0.210. The van der Waals surface area contributed by atoms with Crippen LogP contribution in [0.2, 0.25) is 0 Å². The summed E-state index contributed by atoms with van der Waals surface area (Å²) >= 11 is 0. The molecule has 0 saturated carbocycles. The Bertz CT molecular complexity index is 847. The first-order chi connectivity index (χ1) is 12.8. The molecule has 0 aliphatic rings. The van der Waals surface area contributed by atoms with Crippen molar-refractivity contribution in [2.24, 2.45) is 0 Å². The predicted molar refractivity (Wildman–Crippen MR) is 107 cm³/mol. The molecule has 146 valence electrons. The first-order valence-corrected chi connectivity index (χ1v) is 10.6. The van der Waals surface area contributed by atoms with E-state index in [9.17, 15) is 13.2 Å². The number of nitrogens with one attached hydrogen (secondary N) is 1. The molecule has 0 aliphatic heterocycles. The van der Waals surface area contributed by atoms with Crippen LogP contribution in [0.15, 0.2) is 48.5 Å². The number of sulfonamides is 1. The average molecular weight is 391 g/mol. The summed E-state index contributed by atoms with van der Waals surface area (Å²) in [5, 5.41) is 2.77. The molecule has 0 spiro atoms. The summed E-state index contributed by atoms with van der Waals surface area (Å²) in [5.41, 5.74) is 2.66. The molecule has 0 radical (unpaired) electrons. The minimum Gasteiger partial charge on any atom is -0.497 e. The van der Waals surface area contributed by atoms with Gasteiger partial charge in [0.25, 0.3) is 5.91 Å². The molecule has 6 nitrogen and oxygen atoms in total. The zero-order valence-electron chi connectivity index (χ0n) is 15.9. The maximum absolute atomic E-state index is 12.1. The summed E-state index contributed by atoms with van der Waals surface area (Å²) < 4.78 is 30.6. The van der Waals surface area contributed by atoms with Gasteiger partial charge in [-0.05, 0) is 43.2 Å². The largest absolute Gasteiger partial charge is 0.497 e. The summed E-state index contributed by atoms with van der Waals surface area (Å²) in [4.78, 5) is 12.1. The molecule has 2 aromatic rings. The van der Waals surface area contributed by atoms with Crippen molar-refractivity contribution in [2.75, 3.05) is 33.0 Å². The molecule has 0 saturated heterocycles. The Kier molecular flexibility index (Phi) is 7.38. The summed E-state index contributed by atoms with van der Waals surface area (Å²) in [6.07, 6.45) is 1.77. The second kappa shape index (κ2) is 9.53. The van der Waals surface area contributed by atoms with Crippen LogP contribution in [0.5, 0.6) is 5.75 Å². The highest BCUT2D eigenvalue weighted by atomic mass is 32.2. The summed E-state index contributed by atoms with van der Waals surface area (Å²) in [7, 11) is -1.76. The van der Waals surface area contributed by atoms with Gasteiger partial charge in [-0.2, -0.15) is 0 Å². The molecule has 0 aliphatic carbocycles. The molecule has 7 heteroatoms. The zero-order valence-corrected chi connectivity index (χ0v) is 16.8. The predicted octanol–water partition coefficient (Wildman–Crippen LogP) is 2.24. The third-order valence-corrected chi connectivity index (χ3v) is 5.54. The molecule has 2 aromatic carbocycles. The SMILES string of the molecule is COc1ccc(CCN(CCNC(=O)c2ccc(C)cc2)S(C)(=O)=O)cc1. The molecule has 27 heavy (non-hydrogen) atoms. The van der Waals surface area contributed by atoms with Crippen molar-refractivity contribution in [3.63, 3.8) is 0 Å². The van der Waals surface area contributed by atoms with Gasteiger partial charge in [-0.25, -0.2) is 12.7 Å². The van der Waals surface area contributed by atoms with Crippen molar-refractivity contribution in [3.8, 4) is 5.75 Å². The number of hydrogen-bond donors (Lipinski definition) is 1. The van der Waals surface area contributed by atoms with Crippen molar-refractivity contribution >= 4 is 15.9 Å². The molecular weight excluding hydrogens is 364 g/mol. The Morgan fingerprint density at radius 1 is 1.04 bits per heavy atom. The third kappa shape index (κ3) is 6.69. The Labute approximate surface area is 161 Å². The fraction of sp³-hybridized carbons (Fsp3) is 0.350. The number of carbonyl (C=O) groups is 1. The lowest BCUT2D eigenvalue weighted by atomic mass is 10.1. The molecule has 0 bridgehead atoms. The lowest BCUT2D eigenvalue weighted by Crippen LogP contribution is -2.39. The molecular formula is C20H26N2O4S. The smallest absolute Gasteiger partial charge is 0.251 e. The van der Waals surface area contributed by atoms with Crippen LogP contribution in [0.3, 0.4) is 0 Å². The number of methoxy groups -OCH3 is 1. The number of ether oxygens (including phenoxy) is 1.